The molecule has 0 fully saturated rings. The van der Waals surface area contributed by atoms with Crippen molar-refractivity contribution in [3.63, 3.8) is 0 Å². The first kappa shape index (κ1) is 22.4. The van der Waals surface area contributed by atoms with Gasteiger partial charge in [0.15, 0.2) is 5.16 Å². The number of rotatable bonds is 6. The van der Waals surface area contributed by atoms with E-state index in [1.165, 1.54) is 35.1 Å². The maximum absolute atomic E-state index is 13.3. The molecular formula is C26H26N4O3S. The number of carbonyl (C=O) groups is 2. The van der Waals surface area contributed by atoms with E-state index in [0.717, 1.165) is 19.3 Å². The van der Waals surface area contributed by atoms with Crippen molar-refractivity contribution in [3.8, 4) is 0 Å². The zero-order valence-corrected chi connectivity index (χ0v) is 19.6. The average molecular weight is 475 g/mol. The van der Waals surface area contributed by atoms with Crippen LogP contribution in [0.15, 0.2) is 70.1 Å². The van der Waals surface area contributed by atoms with E-state index in [4.69, 9.17) is 4.98 Å². The second kappa shape index (κ2) is 9.85. The van der Waals surface area contributed by atoms with Crippen molar-refractivity contribution in [1.29, 1.82) is 0 Å². The van der Waals surface area contributed by atoms with Crippen molar-refractivity contribution >= 4 is 45.9 Å². The maximum Gasteiger partial charge on any atom is 0.262 e. The Morgan fingerprint density at radius 1 is 1.06 bits per heavy atom. The highest BCUT2D eigenvalue weighted by molar-refractivity contribution is 7.99. The lowest BCUT2D eigenvalue weighted by atomic mass is 9.97. The van der Waals surface area contributed by atoms with Gasteiger partial charge < -0.3 is 10.2 Å². The number of fused-ring (bicyclic) bond motifs is 2. The van der Waals surface area contributed by atoms with Crippen LogP contribution in [0.5, 0.6) is 0 Å². The first-order chi connectivity index (χ1) is 16.6. The number of nitrogens with zero attached hydrogens (tertiary/aromatic N) is 3. The third kappa shape index (κ3) is 4.63. The molecule has 0 saturated carbocycles. The van der Waals surface area contributed by atoms with Crippen molar-refractivity contribution in [2.75, 3.05) is 22.5 Å². The monoisotopic (exact) mass is 474 g/mol. The predicted octanol–water partition coefficient (Wildman–Crippen LogP) is 4.36. The molecule has 5 rings (SSSR count). The van der Waals surface area contributed by atoms with Gasteiger partial charge in [0.1, 0.15) is 6.54 Å². The number of thioether (sulfide) groups is 1. The summed E-state index contributed by atoms with van der Waals surface area (Å²) in [7, 11) is 0. The molecule has 0 unspecified atom stereocenters. The van der Waals surface area contributed by atoms with Crippen LogP contribution in [0.3, 0.4) is 0 Å². The van der Waals surface area contributed by atoms with Crippen LogP contribution in [0, 0.1) is 0 Å². The summed E-state index contributed by atoms with van der Waals surface area (Å²) in [6.07, 6.45) is 7.69. The molecule has 1 aliphatic heterocycles. The normalized spacial score (nSPS) is 15.6. The fourth-order valence-electron chi connectivity index (χ4n) is 4.50. The lowest BCUT2D eigenvalue weighted by Gasteiger charge is -2.29. The lowest BCUT2D eigenvalue weighted by molar-refractivity contribution is -0.120. The Labute approximate surface area is 201 Å². The first-order valence-corrected chi connectivity index (χ1v) is 12.6. The van der Waals surface area contributed by atoms with Gasteiger partial charge in [-0.25, -0.2) is 4.98 Å². The van der Waals surface area contributed by atoms with Gasteiger partial charge in [0, 0.05) is 6.54 Å². The molecule has 2 heterocycles. The van der Waals surface area contributed by atoms with Gasteiger partial charge in [0.25, 0.3) is 5.56 Å². The zero-order valence-electron chi connectivity index (χ0n) is 18.8. The first-order valence-electron chi connectivity index (χ1n) is 11.6. The molecule has 2 aliphatic rings. The molecule has 0 saturated heterocycles. The van der Waals surface area contributed by atoms with Crippen LogP contribution in [0.25, 0.3) is 10.9 Å². The van der Waals surface area contributed by atoms with E-state index >= 15 is 0 Å². The maximum atomic E-state index is 13.3. The minimum absolute atomic E-state index is 0.0253. The highest BCUT2D eigenvalue weighted by Gasteiger charge is 2.27. The fraction of sp³-hybridized carbons (Fsp3) is 0.308. The number of hydrogen-bond donors (Lipinski definition) is 1. The lowest BCUT2D eigenvalue weighted by Crippen LogP contribution is -2.43. The summed E-state index contributed by atoms with van der Waals surface area (Å²) >= 11 is 1.25. The van der Waals surface area contributed by atoms with Crippen LogP contribution in [0.1, 0.15) is 32.1 Å². The number of aromatic nitrogens is 2. The second-order valence-electron chi connectivity index (χ2n) is 8.56. The number of benzene rings is 2. The number of anilines is 2. The summed E-state index contributed by atoms with van der Waals surface area (Å²) in [6, 6.07) is 14.6. The predicted molar refractivity (Wildman–Crippen MR) is 135 cm³/mol. The Hall–Kier alpha value is -3.39. The van der Waals surface area contributed by atoms with Crippen LogP contribution in [-0.2, 0) is 16.1 Å². The molecule has 3 aromatic rings. The molecule has 1 aliphatic carbocycles. The topological polar surface area (TPSA) is 84.3 Å². The Kier molecular flexibility index (Phi) is 6.49. The van der Waals surface area contributed by atoms with Crippen LogP contribution in [-0.4, -0.2) is 33.7 Å². The van der Waals surface area contributed by atoms with Crippen molar-refractivity contribution in [2.45, 2.75) is 43.8 Å². The molecule has 2 aromatic carbocycles. The number of amides is 2. The average Bonchev–Trinajstić information content (AvgIpc) is 2.87. The van der Waals surface area contributed by atoms with Gasteiger partial charge in [-0.15, -0.1) is 0 Å². The molecule has 2 amide bonds. The number of nitrogens with one attached hydrogen (secondary N) is 1. The van der Waals surface area contributed by atoms with E-state index < -0.39 is 0 Å². The van der Waals surface area contributed by atoms with Crippen molar-refractivity contribution in [1.82, 2.24) is 9.55 Å². The molecule has 1 N–H and O–H groups in total. The number of hydrogen-bond acceptors (Lipinski definition) is 5. The SMILES string of the molecule is O=C1CN(C(=O)CSc2nc3ccccc3c(=O)n2CCC2=CCCCC2)c2ccccc2N1. The largest absolute Gasteiger partial charge is 0.323 e. The quantitative estimate of drug-likeness (QED) is 0.326. The number of para-hydroxylation sites is 3. The molecule has 0 spiro atoms. The highest BCUT2D eigenvalue weighted by atomic mass is 32.2. The Morgan fingerprint density at radius 2 is 1.88 bits per heavy atom. The van der Waals surface area contributed by atoms with E-state index in [1.54, 1.807) is 16.7 Å². The van der Waals surface area contributed by atoms with E-state index in [0.29, 0.717) is 34.0 Å². The Balaban J connectivity index is 1.40. The van der Waals surface area contributed by atoms with Gasteiger partial charge in [-0.3, -0.25) is 19.0 Å². The molecule has 0 atom stereocenters. The van der Waals surface area contributed by atoms with Crippen molar-refractivity contribution in [3.05, 3.63) is 70.5 Å². The highest BCUT2D eigenvalue weighted by Crippen LogP contribution is 2.30. The van der Waals surface area contributed by atoms with Gasteiger partial charge in [-0.2, -0.15) is 0 Å². The standard InChI is InChI=1S/C26H26N4O3S/c31-23-16-30(22-13-7-6-12-21(22)27-23)24(32)17-34-26-28-20-11-5-4-10-19(20)25(33)29(26)15-14-18-8-2-1-3-9-18/h4-8,10-13H,1-3,9,14-17H2,(H,27,31). The Bertz CT molecular complexity index is 1350. The molecule has 0 bridgehead atoms. The van der Waals surface area contributed by atoms with Crippen LogP contribution < -0.4 is 15.8 Å². The summed E-state index contributed by atoms with van der Waals surface area (Å²) in [6.45, 7) is 0.510. The smallest absolute Gasteiger partial charge is 0.262 e. The Morgan fingerprint density at radius 3 is 2.74 bits per heavy atom. The molecule has 34 heavy (non-hydrogen) atoms. The van der Waals surface area contributed by atoms with Crippen molar-refractivity contribution in [2.24, 2.45) is 0 Å². The minimum atomic E-state index is -0.224. The number of allylic oxidation sites excluding steroid dienone is 2. The summed E-state index contributed by atoms with van der Waals surface area (Å²) in [5.41, 5.74) is 3.23. The summed E-state index contributed by atoms with van der Waals surface area (Å²) in [4.78, 5) is 44.8. The van der Waals surface area contributed by atoms with E-state index in [2.05, 4.69) is 11.4 Å². The molecule has 174 valence electrons. The molecule has 8 heteroatoms. The van der Waals surface area contributed by atoms with Gasteiger partial charge in [0.2, 0.25) is 11.8 Å². The summed E-state index contributed by atoms with van der Waals surface area (Å²) in [5, 5.41) is 3.91. The van der Waals surface area contributed by atoms with E-state index in [9.17, 15) is 14.4 Å². The van der Waals surface area contributed by atoms with Gasteiger partial charge in [0.05, 0.1) is 28.0 Å². The van der Waals surface area contributed by atoms with Crippen molar-refractivity contribution < 1.29 is 9.59 Å². The molecule has 0 radical (unpaired) electrons. The molecule has 7 nitrogen and oxygen atoms in total. The van der Waals surface area contributed by atoms with Gasteiger partial charge >= 0.3 is 0 Å². The van der Waals surface area contributed by atoms with Crippen LogP contribution >= 0.6 is 11.8 Å². The van der Waals surface area contributed by atoms with E-state index in [-0.39, 0.29) is 29.7 Å². The van der Waals surface area contributed by atoms with Gasteiger partial charge in [-0.1, -0.05) is 47.7 Å². The minimum Gasteiger partial charge on any atom is -0.323 e. The summed E-state index contributed by atoms with van der Waals surface area (Å²) < 4.78 is 1.70. The fourth-order valence-corrected chi connectivity index (χ4v) is 5.40. The molecular weight excluding hydrogens is 448 g/mol. The summed E-state index contributed by atoms with van der Waals surface area (Å²) in [5.74, 6) is -0.343. The second-order valence-corrected chi connectivity index (χ2v) is 9.50. The van der Waals surface area contributed by atoms with E-state index in [1.807, 2.05) is 36.4 Å². The zero-order chi connectivity index (χ0) is 23.5. The van der Waals surface area contributed by atoms with Crippen LogP contribution in [0.2, 0.25) is 0 Å². The third-order valence-corrected chi connectivity index (χ3v) is 7.23. The molecule has 1 aromatic heterocycles. The van der Waals surface area contributed by atoms with Crippen LogP contribution in [0.4, 0.5) is 11.4 Å². The third-order valence-electron chi connectivity index (χ3n) is 6.26. The van der Waals surface area contributed by atoms with Gasteiger partial charge in [-0.05, 0) is 56.4 Å². The number of carbonyl (C=O) groups excluding carboxylic acids is 2.